The molecule has 1 heterocycles. The van der Waals surface area contributed by atoms with Gasteiger partial charge >= 0.3 is 0 Å². The summed E-state index contributed by atoms with van der Waals surface area (Å²) < 4.78 is 20.3. The Labute approximate surface area is 221 Å². The van der Waals surface area contributed by atoms with E-state index in [1.807, 2.05) is 6.07 Å². The van der Waals surface area contributed by atoms with Gasteiger partial charge in [0.05, 0.1) is 31.8 Å². The highest BCUT2D eigenvalue weighted by Crippen LogP contribution is 2.46. The minimum atomic E-state index is -1.36. The molecule has 1 saturated heterocycles. The van der Waals surface area contributed by atoms with Gasteiger partial charge in [0.25, 0.3) is 14.4 Å². The number of carbonyl (C=O) groups is 2. The molecular weight excluding hydrogens is 493 g/mol. The Hall–Kier alpha value is -2.67. The molecule has 3 atom stereocenters. The Morgan fingerprint density at radius 3 is 2.54 bits per heavy atom. The Morgan fingerprint density at radius 2 is 1.95 bits per heavy atom. The van der Waals surface area contributed by atoms with Crippen molar-refractivity contribution in [2.75, 3.05) is 20.3 Å². The summed E-state index contributed by atoms with van der Waals surface area (Å²) in [6.45, 7) is 8.95. The fourth-order valence-electron chi connectivity index (χ4n) is 3.79. The minimum Gasteiger partial charge on any atom is -0.352 e. The van der Waals surface area contributed by atoms with Crippen LogP contribution >= 0.6 is 8.53 Å². The third-order valence-corrected chi connectivity index (χ3v) is 7.57. The molecule has 1 aliphatic heterocycles. The average Bonchev–Trinajstić information content (AvgIpc) is 3.35. The van der Waals surface area contributed by atoms with Crippen molar-refractivity contribution in [1.82, 2.24) is 14.9 Å². The molecule has 10 nitrogen and oxygen atoms in total. The lowest BCUT2D eigenvalue weighted by molar-refractivity contribution is -0.127. The van der Waals surface area contributed by atoms with Crippen molar-refractivity contribution in [2.24, 2.45) is 4.99 Å². The second kappa shape index (κ2) is 16.2. The predicted octanol–water partition coefficient (Wildman–Crippen LogP) is 4.21. The quantitative estimate of drug-likeness (QED) is 0.126. The van der Waals surface area contributed by atoms with Crippen LogP contribution in [0.3, 0.4) is 0 Å². The summed E-state index contributed by atoms with van der Waals surface area (Å²) in [5.41, 5.74) is 0.510. The molecule has 2 rings (SSSR count). The number of ether oxygens (including phenoxy) is 1. The van der Waals surface area contributed by atoms with Crippen LogP contribution in [-0.2, 0) is 18.6 Å². The van der Waals surface area contributed by atoms with Gasteiger partial charge < -0.3 is 19.1 Å². The fraction of sp³-hybridized carbons (Fsp3) is 0.538. The highest BCUT2D eigenvalue weighted by atomic mass is 31.2. The maximum Gasteiger partial charge on any atom is 0.259 e. The number of hydrogen-bond donors (Lipinski definition) is 1. The Balaban J connectivity index is 1.94. The lowest BCUT2D eigenvalue weighted by atomic mass is 10.2. The largest absolute Gasteiger partial charge is 0.352 e. The van der Waals surface area contributed by atoms with Crippen molar-refractivity contribution >= 4 is 26.7 Å². The topological polar surface area (TPSA) is 116 Å². The van der Waals surface area contributed by atoms with Gasteiger partial charge in [-0.1, -0.05) is 18.2 Å². The van der Waals surface area contributed by atoms with Gasteiger partial charge in [-0.05, 0) is 58.7 Å². The maximum atomic E-state index is 12.4. The van der Waals surface area contributed by atoms with E-state index in [9.17, 15) is 9.59 Å². The fourth-order valence-corrected chi connectivity index (χ4v) is 5.43. The summed E-state index contributed by atoms with van der Waals surface area (Å²) in [5, 5.41) is 11.6. The lowest BCUT2D eigenvalue weighted by Crippen LogP contribution is -2.35. The second-order valence-corrected chi connectivity index (χ2v) is 10.4. The first-order valence-corrected chi connectivity index (χ1v) is 13.5. The van der Waals surface area contributed by atoms with E-state index in [1.54, 1.807) is 43.6 Å². The number of aliphatic imine (C=N–C) groups is 1. The van der Waals surface area contributed by atoms with Gasteiger partial charge in [0.2, 0.25) is 6.41 Å². The molecule has 37 heavy (non-hydrogen) atoms. The molecule has 0 aromatic heterocycles. The molecule has 1 N–H and O–H groups in total. The van der Waals surface area contributed by atoms with E-state index in [1.165, 1.54) is 4.90 Å². The number of benzene rings is 1. The number of nitrogens with one attached hydrogen (secondary N) is 1. The van der Waals surface area contributed by atoms with Crippen LogP contribution in [0, 0.1) is 11.3 Å². The summed E-state index contributed by atoms with van der Waals surface area (Å²) in [7, 11) is 0.199. The number of nitrogens with zero attached hydrogens (tertiary/aromatic N) is 4. The third kappa shape index (κ3) is 9.95. The second-order valence-electron chi connectivity index (χ2n) is 8.93. The molecule has 11 heteroatoms. The Kier molecular flexibility index (Phi) is 13.4. The SMILES string of the molecule is C/N=C(\C=C/N(C=O)C1CCC(COP(OCCC#N)N(C(C)C)C(C)C)O1)NC(=O)c1ccccc1. The molecule has 202 valence electrons. The molecule has 0 spiro atoms. The summed E-state index contributed by atoms with van der Waals surface area (Å²) in [6, 6.07) is 11.3. The molecule has 1 aliphatic rings. The highest BCUT2D eigenvalue weighted by molar-refractivity contribution is 7.44. The number of rotatable bonds is 14. The molecule has 0 bridgehead atoms. The zero-order valence-electron chi connectivity index (χ0n) is 22.2. The Morgan fingerprint density at radius 1 is 1.24 bits per heavy atom. The van der Waals surface area contributed by atoms with Crippen LogP contribution in [0.15, 0.2) is 47.6 Å². The summed E-state index contributed by atoms with van der Waals surface area (Å²) in [6.07, 6.45) is 4.78. The number of amidine groups is 1. The van der Waals surface area contributed by atoms with Crippen LogP contribution < -0.4 is 5.32 Å². The van der Waals surface area contributed by atoms with Gasteiger partial charge in [0, 0.05) is 30.9 Å². The van der Waals surface area contributed by atoms with Crippen LogP contribution in [-0.4, -0.2) is 72.4 Å². The van der Waals surface area contributed by atoms with E-state index < -0.39 is 14.8 Å². The van der Waals surface area contributed by atoms with Crippen molar-refractivity contribution in [3.8, 4) is 6.07 Å². The molecule has 2 amide bonds. The van der Waals surface area contributed by atoms with E-state index in [4.69, 9.17) is 19.0 Å². The molecule has 1 aromatic rings. The van der Waals surface area contributed by atoms with Gasteiger partial charge in [-0.15, -0.1) is 0 Å². The van der Waals surface area contributed by atoms with E-state index in [0.717, 1.165) is 0 Å². The van der Waals surface area contributed by atoms with Gasteiger partial charge in [-0.2, -0.15) is 5.26 Å². The van der Waals surface area contributed by atoms with Crippen molar-refractivity contribution < 1.29 is 23.4 Å². The first kappa shape index (κ1) is 30.6. The van der Waals surface area contributed by atoms with Crippen LogP contribution in [0.25, 0.3) is 0 Å². The van der Waals surface area contributed by atoms with Crippen LogP contribution in [0.4, 0.5) is 0 Å². The molecule has 1 aromatic carbocycles. The van der Waals surface area contributed by atoms with E-state index in [0.29, 0.717) is 50.3 Å². The molecule has 3 unspecified atom stereocenters. The number of hydrogen-bond acceptors (Lipinski definition) is 8. The first-order chi connectivity index (χ1) is 17.8. The zero-order chi connectivity index (χ0) is 27.2. The van der Waals surface area contributed by atoms with Crippen molar-refractivity contribution in [2.45, 2.75) is 71.4 Å². The molecule has 0 radical (unpaired) electrons. The monoisotopic (exact) mass is 531 g/mol. The van der Waals surface area contributed by atoms with Gasteiger partial charge in [-0.3, -0.25) is 19.5 Å². The van der Waals surface area contributed by atoms with Crippen LogP contribution in [0.2, 0.25) is 0 Å². The first-order valence-electron chi connectivity index (χ1n) is 12.4. The number of amides is 2. The lowest BCUT2D eigenvalue weighted by Gasteiger charge is -2.36. The average molecular weight is 532 g/mol. The summed E-state index contributed by atoms with van der Waals surface area (Å²) >= 11 is 0. The Bertz CT molecular complexity index is 942. The number of nitriles is 1. The zero-order valence-corrected chi connectivity index (χ0v) is 23.1. The molecule has 0 aliphatic carbocycles. The maximum absolute atomic E-state index is 12.4. The van der Waals surface area contributed by atoms with Crippen LogP contribution in [0.5, 0.6) is 0 Å². The summed E-state index contributed by atoms with van der Waals surface area (Å²) in [5.74, 6) is 0.0318. The molecular formula is C26H38N5O5P. The highest BCUT2D eigenvalue weighted by Gasteiger charge is 2.32. The van der Waals surface area contributed by atoms with E-state index >= 15 is 0 Å². The predicted molar refractivity (Wildman–Crippen MR) is 143 cm³/mol. The van der Waals surface area contributed by atoms with Crippen molar-refractivity contribution in [3.05, 3.63) is 48.2 Å². The van der Waals surface area contributed by atoms with Gasteiger partial charge in [0.1, 0.15) is 12.1 Å². The standard InChI is InChI=1S/C26H38N5O5P/c1-20(2)31(21(3)4)37(34-17-9-15-27)35-18-23-12-13-25(36-23)30(19-32)16-14-24(28-5)29-26(33)22-10-7-6-8-11-22/h6-8,10-11,14,16,19-21,23,25H,9,12-13,17-18H2,1-5H3,(H,28,29,33)/b16-14-. The normalized spacial score (nSPS) is 18.9. The van der Waals surface area contributed by atoms with Crippen molar-refractivity contribution in [3.63, 3.8) is 0 Å². The van der Waals surface area contributed by atoms with Crippen LogP contribution in [0.1, 0.15) is 57.3 Å². The number of carbonyl (C=O) groups excluding carboxylic acids is 2. The van der Waals surface area contributed by atoms with E-state index in [-0.39, 0.29) is 24.1 Å². The molecule has 1 fully saturated rings. The smallest absolute Gasteiger partial charge is 0.259 e. The van der Waals surface area contributed by atoms with Gasteiger partial charge in [0.15, 0.2) is 0 Å². The van der Waals surface area contributed by atoms with Crippen molar-refractivity contribution in [1.29, 1.82) is 5.26 Å². The third-order valence-electron chi connectivity index (χ3n) is 5.50. The van der Waals surface area contributed by atoms with E-state index in [2.05, 4.69) is 48.7 Å². The minimum absolute atomic E-state index is 0.205. The van der Waals surface area contributed by atoms with Gasteiger partial charge in [-0.25, -0.2) is 4.67 Å². The molecule has 0 saturated carbocycles. The summed E-state index contributed by atoms with van der Waals surface area (Å²) in [4.78, 5) is 29.7.